The molecule has 0 atom stereocenters. The zero-order valence-electron chi connectivity index (χ0n) is 13.9. The molecule has 3 rings (SSSR count). The molecule has 0 spiro atoms. The summed E-state index contributed by atoms with van der Waals surface area (Å²) in [5, 5.41) is 7.04. The van der Waals surface area contributed by atoms with Crippen LogP contribution in [0.15, 0.2) is 66.9 Å². The standard InChI is InChI=1S/C20H17Cl2N3O/c21-15-11-16(22)13-17(12-15)25-19-18(7-4-9-23-19)20(26)24-10-8-14-5-2-1-3-6-14/h1-7,9,11-13H,8,10H2,(H,23,25)(H,24,26). The average Bonchev–Trinajstić information content (AvgIpc) is 2.62. The second kappa shape index (κ2) is 8.70. The van der Waals surface area contributed by atoms with Crippen molar-refractivity contribution in [3.63, 3.8) is 0 Å². The van der Waals surface area contributed by atoms with Gasteiger partial charge in [-0.05, 0) is 42.3 Å². The van der Waals surface area contributed by atoms with E-state index in [-0.39, 0.29) is 5.91 Å². The van der Waals surface area contributed by atoms with Crippen LogP contribution in [0.25, 0.3) is 0 Å². The van der Waals surface area contributed by atoms with E-state index in [1.807, 2.05) is 30.3 Å². The lowest BCUT2D eigenvalue weighted by Gasteiger charge is -2.12. The van der Waals surface area contributed by atoms with Crippen LogP contribution < -0.4 is 10.6 Å². The molecule has 0 fully saturated rings. The van der Waals surface area contributed by atoms with Gasteiger partial charge in [0.1, 0.15) is 5.82 Å². The van der Waals surface area contributed by atoms with Gasteiger partial charge in [-0.1, -0.05) is 53.5 Å². The number of hydrogen-bond donors (Lipinski definition) is 2. The number of nitrogens with one attached hydrogen (secondary N) is 2. The predicted molar refractivity (Wildman–Crippen MR) is 106 cm³/mol. The van der Waals surface area contributed by atoms with Crippen LogP contribution >= 0.6 is 23.2 Å². The van der Waals surface area contributed by atoms with Crippen molar-refractivity contribution in [3.8, 4) is 0 Å². The molecule has 0 aliphatic heterocycles. The van der Waals surface area contributed by atoms with E-state index in [4.69, 9.17) is 23.2 Å². The van der Waals surface area contributed by atoms with Crippen molar-refractivity contribution in [2.45, 2.75) is 6.42 Å². The number of nitrogens with zero attached hydrogens (tertiary/aromatic N) is 1. The Kier molecular flexibility index (Phi) is 6.10. The van der Waals surface area contributed by atoms with Crippen molar-refractivity contribution < 1.29 is 4.79 Å². The van der Waals surface area contributed by atoms with Gasteiger partial charge in [0, 0.05) is 28.5 Å². The number of hydrogen-bond acceptors (Lipinski definition) is 3. The highest BCUT2D eigenvalue weighted by atomic mass is 35.5. The van der Waals surface area contributed by atoms with Gasteiger partial charge in [0.05, 0.1) is 5.56 Å². The van der Waals surface area contributed by atoms with Crippen LogP contribution in [0.2, 0.25) is 10.0 Å². The molecule has 0 aliphatic rings. The van der Waals surface area contributed by atoms with Gasteiger partial charge in [-0.25, -0.2) is 4.98 Å². The highest BCUT2D eigenvalue weighted by Gasteiger charge is 2.12. The summed E-state index contributed by atoms with van der Waals surface area (Å²) in [4.78, 5) is 16.8. The molecule has 0 aliphatic carbocycles. The molecule has 2 aromatic carbocycles. The van der Waals surface area contributed by atoms with E-state index >= 15 is 0 Å². The van der Waals surface area contributed by atoms with Crippen LogP contribution in [-0.4, -0.2) is 17.4 Å². The molecule has 0 bridgehead atoms. The van der Waals surface area contributed by atoms with E-state index in [1.54, 1.807) is 36.5 Å². The molecule has 3 aromatic rings. The third kappa shape index (κ3) is 4.97. The molecular formula is C20H17Cl2N3O. The lowest BCUT2D eigenvalue weighted by molar-refractivity contribution is 0.0954. The van der Waals surface area contributed by atoms with Gasteiger partial charge in [0.2, 0.25) is 0 Å². The van der Waals surface area contributed by atoms with Gasteiger partial charge in [-0.3, -0.25) is 4.79 Å². The molecular weight excluding hydrogens is 369 g/mol. The minimum atomic E-state index is -0.190. The third-order valence-electron chi connectivity index (χ3n) is 3.72. The molecule has 132 valence electrons. The predicted octanol–water partition coefficient (Wildman–Crippen LogP) is 5.10. The van der Waals surface area contributed by atoms with Gasteiger partial charge < -0.3 is 10.6 Å². The van der Waals surface area contributed by atoms with Gasteiger partial charge in [-0.2, -0.15) is 0 Å². The van der Waals surface area contributed by atoms with Crippen LogP contribution in [0.3, 0.4) is 0 Å². The molecule has 26 heavy (non-hydrogen) atoms. The van der Waals surface area contributed by atoms with Crippen molar-refractivity contribution in [2.24, 2.45) is 0 Å². The summed E-state index contributed by atoms with van der Waals surface area (Å²) in [7, 11) is 0. The fourth-order valence-corrected chi connectivity index (χ4v) is 3.04. The Morgan fingerprint density at radius 1 is 0.962 bits per heavy atom. The first-order chi connectivity index (χ1) is 12.6. The maximum Gasteiger partial charge on any atom is 0.255 e. The van der Waals surface area contributed by atoms with Crippen LogP contribution in [0.1, 0.15) is 15.9 Å². The molecule has 1 amide bonds. The third-order valence-corrected chi connectivity index (χ3v) is 4.16. The molecule has 0 saturated carbocycles. The van der Waals surface area contributed by atoms with Crippen LogP contribution in [0, 0.1) is 0 Å². The summed E-state index contributed by atoms with van der Waals surface area (Å²) < 4.78 is 0. The first-order valence-electron chi connectivity index (χ1n) is 8.12. The minimum Gasteiger partial charge on any atom is -0.352 e. The highest BCUT2D eigenvalue weighted by molar-refractivity contribution is 6.35. The number of carbonyl (C=O) groups excluding carboxylic acids is 1. The van der Waals surface area contributed by atoms with Crippen molar-refractivity contribution in [1.29, 1.82) is 0 Å². The van der Waals surface area contributed by atoms with E-state index in [0.29, 0.717) is 33.7 Å². The number of carbonyl (C=O) groups is 1. The molecule has 0 radical (unpaired) electrons. The molecule has 4 nitrogen and oxygen atoms in total. The van der Waals surface area contributed by atoms with Gasteiger partial charge in [0.25, 0.3) is 5.91 Å². The van der Waals surface area contributed by atoms with E-state index in [1.165, 1.54) is 5.56 Å². The average molecular weight is 386 g/mol. The van der Waals surface area contributed by atoms with Crippen molar-refractivity contribution >= 4 is 40.6 Å². The van der Waals surface area contributed by atoms with Gasteiger partial charge in [0.15, 0.2) is 0 Å². The topological polar surface area (TPSA) is 54.0 Å². The summed E-state index contributed by atoms with van der Waals surface area (Å²) in [5.41, 5.74) is 2.29. The number of aromatic nitrogens is 1. The fraction of sp³-hybridized carbons (Fsp3) is 0.100. The first kappa shape index (κ1) is 18.2. The molecule has 1 aromatic heterocycles. The van der Waals surface area contributed by atoms with Gasteiger partial charge >= 0.3 is 0 Å². The number of halogens is 2. The Bertz CT molecular complexity index is 880. The summed E-state index contributed by atoms with van der Waals surface area (Å²) in [6, 6.07) is 18.5. The monoisotopic (exact) mass is 385 g/mol. The van der Waals surface area contributed by atoms with Crippen molar-refractivity contribution in [2.75, 3.05) is 11.9 Å². The SMILES string of the molecule is O=C(NCCc1ccccc1)c1cccnc1Nc1cc(Cl)cc(Cl)c1. The maximum absolute atomic E-state index is 12.5. The Morgan fingerprint density at radius 3 is 2.42 bits per heavy atom. The smallest absolute Gasteiger partial charge is 0.255 e. The number of amides is 1. The number of pyridine rings is 1. The molecule has 2 N–H and O–H groups in total. The quantitative estimate of drug-likeness (QED) is 0.620. The highest BCUT2D eigenvalue weighted by Crippen LogP contribution is 2.25. The Labute approximate surface area is 162 Å². The van der Waals surface area contributed by atoms with Crippen molar-refractivity contribution in [3.05, 3.63) is 88.0 Å². The van der Waals surface area contributed by atoms with E-state index in [0.717, 1.165) is 6.42 Å². The van der Waals surface area contributed by atoms with Gasteiger partial charge in [-0.15, -0.1) is 0 Å². The Balaban J connectivity index is 1.68. The maximum atomic E-state index is 12.5. The van der Waals surface area contributed by atoms with Crippen molar-refractivity contribution in [1.82, 2.24) is 10.3 Å². The molecule has 1 heterocycles. The van der Waals surface area contributed by atoms with Crippen LogP contribution in [0.4, 0.5) is 11.5 Å². The zero-order valence-corrected chi connectivity index (χ0v) is 15.4. The summed E-state index contributed by atoms with van der Waals surface area (Å²) >= 11 is 12.0. The van der Waals surface area contributed by atoms with Crippen LogP contribution in [0.5, 0.6) is 0 Å². The first-order valence-corrected chi connectivity index (χ1v) is 8.88. The zero-order chi connectivity index (χ0) is 18.4. The molecule has 6 heteroatoms. The largest absolute Gasteiger partial charge is 0.352 e. The second-order valence-electron chi connectivity index (χ2n) is 5.67. The number of rotatable bonds is 6. The summed E-state index contributed by atoms with van der Waals surface area (Å²) in [6.45, 7) is 0.542. The van der Waals surface area contributed by atoms with Crippen LogP contribution in [-0.2, 0) is 6.42 Å². The number of anilines is 2. The summed E-state index contributed by atoms with van der Waals surface area (Å²) in [5.74, 6) is 0.257. The number of benzene rings is 2. The second-order valence-corrected chi connectivity index (χ2v) is 6.55. The lowest BCUT2D eigenvalue weighted by Crippen LogP contribution is -2.26. The fourth-order valence-electron chi connectivity index (χ4n) is 2.51. The van der Waals surface area contributed by atoms with E-state index in [9.17, 15) is 4.79 Å². The van der Waals surface area contributed by atoms with E-state index < -0.39 is 0 Å². The Morgan fingerprint density at radius 2 is 1.69 bits per heavy atom. The minimum absolute atomic E-state index is 0.190. The Hall–Kier alpha value is -2.56. The lowest BCUT2D eigenvalue weighted by atomic mass is 10.1. The molecule has 0 unspecified atom stereocenters. The normalized spacial score (nSPS) is 10.4. The summed E-state index contributed by atoms with van der Waals surface area (Å²) in [6.07, 6.45) is 2.38. The molecule has 0 saturated heterocycles. The van der Waals surface area contributed by atoms with E-state index in [2.05, 4.69) is 15.6 Å².